The standard InChI is InChI=1S/C11H14N2OS/c1-8-6-9(2)13-11(10(8)7-12)15-5-3-4-14/h6,14H,3-5H2,1-2H3. The molecule has 3 nitrogen and oxygen atoms in total. The van der Waals surface area contributed by atoms with Crippen LogP contribution in [-0.4, -0.2) is 22.5 Å². The average molecular weight is 222 g/mol. The summed E-state index contributed by atoms with van der Waals surface area (Å²) >= 11 is 1.53. The fourth-order valence-electron chi connectivity index (χ4n) is 1.28. The molecule has 0 aliphatic rings. The lowest BCUT2D eigenvalue weighted by Gasteiger charge is -2.06. The van der Waals surface area contributed by atoms with E-state index in [0.29, 0.717) is 5.56 Å². The Morgan fingerprint density at radius 3 is 2.87 bits per heavy atom. The zero-order valence-electron chi connectivity index (χ0n) is 8.95. The highest BCUT2D eigenvalue weighted by Crippen LogP contribution is 2.23. The number of nitriles is 1. The molecule has 0 atom stereocenters. The Bertz CT molecular complexity index is 385. The third-order valence-electron chi connectivity index (χ3n) is 1.96. The molecule has 4 heteroatoms. The van der Waals surface area contributed by atoms with E-state index in [2.05, 4.69) is 11.1 Å². The van der Waals surface area contributed by atoms with E-state index < -0.39 is 0 Å². The highest BCUT2D eigenvalue weighted by atomic mass is 32.2. The molecular weight excluding hydrogens is 208 g/mol. The summed E-state index contributed by atoms with van der Waals surface area (Å²) in [7, 11) is 0. The molecule has 0 aromatic carbocycles. The number of rotatable bonds is 4. The molecule has 0 unspecified atom stereocenters. The van der Waals surface area contributed by atoms with E-state index in [1.165, 1.54) is 11.8 Å². The van der Waals surface area contributed by atoms with Crippen molar-refractivity contribution in [3.63, 3.8) is 0 Å². The van der Waals surface area contributed by atoms with E-state index in [1.54, 1.807) is 0 Å². The van der Waals surface area contributed by atoms with Gasteiger partial charge < -0.3 is 5.11 Å². The maximum Gasteiger partial charge on any atom is 0.114 e. The lowest BCUT2D eigenvalue weighted by Crippen LogP contribution is -1.95. The molecule has 1 N–H and O–H groups in total. The summed E-state index contributed by atoms with van der Waals surface area (Å²) < 4.78 is 0. The van der Waals surface area contributed by atoms with Crippen LogP contribution in [-0.2, 0) is 0 Å². The minimum Gasteiger partial charge on any atom is -0.396 e. The first kappa shape index (κ1) is 12.0. The first-order chi connectivity index (χ1) is 7.19. The first-order valence-corrected chi connectivity index (χ1v) is 5.79. The van der Waals surface area contributed by atoms with Gasteiger partial charge in [0.25, 0.3) is 0 Å². The van der Waals surface area contributed by atoms with Crippen molar-refractivity contribution in [1.29, 1.82) is 5.26 Å². The predicted molar refractivity (Wildman–Crippen MR) is 60.9 cm³/mol. The zero-order valence-corrected chi connectivity index (χ0v) is 9.77. The number of thioether (sulfide) groups is 1. The van der Waals surface area contributed by atoms with Crippen LogP contribution in [0.3, 0.4) is 0 Å². The molecule has 0 aliphatic carbocycles. The van der Waals surface area contributed by atoms with Gasteiger partial charge in [0.2, 0.25) is 0 Å². The van der Waals surface area contributed by atoms with E-state index in [0.717, 1.165) is 28.5 Å². The van der Waals surface area contributed by atoms with Crippen LogP contribution in [0.1, 0.15) is 23.2 Å². The average Bonchev–Trinajstić information content (AvgIpc) is 2.17. The second-order valence-electron chi connectivity index (χ2n) is 3.30. The van der Waals surface area contributed by atoms with Crippen molar-refractivity contribution in [1.82, 2.24) is 4.98 Å². The van der Waals surface area contributed by atoms with Crippen LogP contribution in [0.4, 0.5) is 0 Å². The quantitative estimate of drug-likeness (QED) is 0.625. The Morgan fingerprint density at radius 2 is 2.27 bits per heavy atom. The van der Waals surface area contributed by atoms with Gasteiger partial charge in [-0.3, -0.25) is 0 Å². The van der Waals surface area contributed by atoms with Crippen LogP contribution in [0.25, 0.3) is 0 Å². The molecule has 0 radical (unpaired) electrons. The Morgan fingerprint density at radius 1 is 1.53 bits per heavy atom. The number of pyridine rings is 1. The summed E-state index contributed by atoms with van der Waals surface area (Å²) in [4.78, 5) is 4.34. The highest BCUT2D eigenvalue weighted by molar-refractivity contribution is 7.99. The van der Waals surface area contributed by atoms with Gasteiger partial charge in [0.15, 0.2) is 0 Å². The summed E-state index contributed by atoms with van der Waals surface area (Å²) in [5.41, 5.74) is 2.55. The molecule has 1 heterocycles. The SMILES string of the molecule is Cc1cc(C)c(C#N)c(SCCCO)n1. The van der Waals surface area contributed by atoms with Crippen LogP contribution >= 0.6 is 11.8 Å². The fourth-order valence-corrected chi connectivity index (χ4v) is 2.30. The number of hydrogen-bond donors (Lipinski definition) is 1. The van der Waals surface area contributed by atoms with E-state index in [4.69, 9.17) is 10.4 Å². The lowest BCUT2D eigenvalue weighted by molar-refractivity contribution is 0.296. The van der Waals surface area contributed by atoms with Crippen LogP contribution in [0, 0.1) is 25.2 Å². The molecule has 0 bridgehead atoms. The van der Waals surface area contributed by atoms with Crippen molar-refractivity contribution >= 4 is 11.8 Å². The van der Waals surface area contributed by atoms with Crippen molar-refractivity contribution in [2.24, 2.45) is 0 Å². The predicted octanol–water partition coefficient (Wildman–Crippen LogP) is 2.04. The van der Waals surface area contributed by atoms with Gasteiger partial charge in [0, 0.05) is 18.1 Å². The molecule has 0 fully saturated rings. The Hall–Kier alpha value is -1.05. The molecule has 1 aromatic heterocycles. The van der Waals surface area contributed by atoms with Gasteiger partial charge in [-0.15, -0.1) is 11.8 Å². The Labute approximate surface area is 94.2 Å². The van der Waals surface area contributed by atoms with Crippen molar-refractivity contribution in [2.75, 3.05) is 12.4 Å². The number of nitrogens with zero attached hydrogens (tertiary/aromatic N) is 2. The third kappa shape index (κ3) is 3.22. The number of hydrogen-bond acceptors (Lipinski definition) is 4. The van der Waals surface area contributed by atoms with Gasteiger partial charge in [0.05, 0.1) is 5.56 Å². The smallest absolute Gasteiger partial charge is 0.114 e. The minimum absolute atomic E-state index is 0.180. The third-order valence-corrected chi connectivity index (χ3v) is 3.03. The summed E-state index contributed by atoms with van der Waals surface area (Å²) in [6, 6.07) is 4.08. The highest BCUT2D eigenvalue weighted by Gasteiger charge is 2.08. The van der Waals surface area contributed by atoms with Crippen LogP contribution in [0.2, 0.25) is 0 Å². The molecule has 0 saturated carbocycles. The number of aryl methyl sites for hydroxylation is 2. The van der Waals surface area contributed by atoms with Gasteiger partial charge in [-0.25, -0.2) is 4.98 Å². The van der Waals surface area contributed by atoms with Crippen LogP contribution < -0.4 is 0 Å². The summed E-state index contributed by atoms with van der Waals surface area (Å²) in [6.07, 6.45) is 0.726. The monoisotopic (exact) mass is 222 g/mol. The summed E-state index contributed by atoms with van der Waals surface area (Å²) in [6.45, 7) is 4.02. The van der Waals surface area contributed by atoms with E-state index in [9.17, 15) is 0 Å². The maximum absolute atomic E-state index is 8.99. The molecule has 0 amide bonds. The summed E-state index contributed by atoms with van der Waals surface area (Å²) in [5.74, 6) is 0.793. The van der Waals surface area contributed by atoms with Crippen molar-refractivity contribution in [2.45, 2.75) is 25.3 Å². The fraction of sp³-hybridized carbons (Fsp3) is 0.455. The molecule has 1 aromatic rings. The zero-order chi connectivity index (χ0) is 11.3. The van der Waals surface area contributed by atoms with E-state index in [1.807, 2.05) is 19.9 Å². The molecule has 1 rings (SSSR count). The van der Waals surface area contributed by atoms with Crippen LogP contribution in [0.5, 0.6) is 0 Å². The summed E-state index contributed by atoms with van der Waals surface area (Å²) in [5, 5.41) is 18.5. The number of aliphatic hydroxyl groups excluding tert-OH is 1. The lowest BCUT2D eigenvalue weighted by atomic mass is 10.1. The largest absolute Gasteiger partial charge is 0.396 e. The van der Waals surface area contributed by atoms with Gasteiger partial charge in [-0.1, -0.05) is 0 Å². The molecule has 80 valence electrons. The van der Waals surface area contributed by atoms with E-state index in [-0.39, 0.29) is 6.61 Å². The Kier molecular flexibility index (Phi) is 4.60. The van der Waals surface area contributed by atoms with Gasteiger partial charge >= 0.3 is 0 Å². The number of aromatic nitrogens is 1. The van der Waals surface area contributed by atoms with E-state index >= 15 is 0 Å². The second-order valence-corrected chi connectivity index (χ2v) is 4.38. The van der Waals surface area contributed by atoms with Gasteiger partial charge in [-0.2, -0.15) is 5.26 Å². The molecule has 15 heavy (non-hydrogen) atoms. The normalized spacial score (nSPS) is 10.0. The topological polar surface area (TPSA) is 56.9 Å². The van der Waals surface area contributed by atoms with Crippen LogP contribution in [0.15, 0.2) is 11.1 Å². The Balaban J connectivity index is 2.90. The second kappa shape index (κ2) is 5.74. The maximum atomic E-state index is 8.99. The van der Waals surface area contributed by atoms with Crippen molar-refractivity contribution < 1.29 is 5.11 Å². The van der Waals surface area contributed by atoms with Crippen molar-refractivity contribution in [3.05, 3.63) is 22.9 Å². The number of aliphatic hydroxyl groups is 1. The van der Waals surface area contributed by atoms with Crippen molar-refractivity contribution in [3.8, 4) is 6.07 Å². The van der Waals surface area contributed by atoms with Gasteiger partial charge in [0.1, 0.15) is 11.1 Å². The molecule has 0 spiro atoms. The molecular formula is C11H14N2OS. The first-order valence-electron chi connectivity index (χ1n) is 4.81. The minimum atomic E-state index is 0.180. The van der Waals surface area contributed by atoms with Gasteiger partial charge in [-0.05, 0) is 31.9 Å². The molecule has 0 aliphatic heterocycles. The molecule has 0 saturated heterocycles.